The van der Waals surface area contributed by atoms with Gasteiger partial charge in [0.15, 0.2) is 6.10 Å². The summed E-state index contributed by atoms with van der Waals surface area (Å²) in [5, 5.41) is 2.93. The Balaban J connectivity index is 2.39. The fourth-order valence-electron chi connectivity index (χ4n) is 2.42. The summed E-state index contributed by atoms with van der Waals surface area (Å²) in [6, 6.07) is 0.137. The SMILES string of the molecule is CCOC(=O)/C=C/C(=O)O[C@@H](C)C(=O)N[C@@H]1CCCC[C@@H]1C. The predicted molar refractivity (Wildman–Crippen MR) is 80.9 cm³/mol. The lowest BCUT2D eigenvalue weighted by Gasteiger charge is -2.30. The van der Waals surface area contributed by atoms with Crippen LogP contribution in [0.15, 0.2) is 12.2 Å². The number of carbonyl (C=O) groups is 3. The zero-order chi connectivity index (χ0) is 16.5. The third-order valence-corrected chi connectivity index (χ3v) is 3.74. The maximum atomic E-state index is 12.0. The number of hydrogen-bond donors (Lipinski definition) is 1. The summed E-state index contributed by atoms with van der Waals surface area (Å²) in [6.07, 6.45) is 5.40. The van der Waals surface area contributed by atoms with Crippen LogP contribution in [0.3, 0.4) is 0 Å². The molecule has 1 rings (SSSR count). The molecule has 6 heteroatoms. The molecule has 0 aromatic rings. The summed E-state index contributed by atoms with van der Waals surface area (Å²) in [6.45, 7) is 5.53. The molecule has 1 aliphatic rings. The van der Waals surface area contributed by atoms with Crippen molar-refractivity contribution in [3.63, 3.8) is 0 Å². The van der Waals surface area contributed by atoms with Gasteiger partial charge in [-0.25, -0.2) is 9.59 Å². The van der Waals surface area contributed by atoms with Gasteiger partial charge in [0.05, 0.1) is 6.61 Å². The average Bonchev–Trinajstić information content (AvgIpc) is 2.47. The lowest BCUT2D eigenvalue weighted by molar-refractivity contribution is -0.151. The lowest BCUT2D eigenvalue weighted by atomic mass is 9.86. The van der Waals surface area contributed by atoms with Gasteiger partial charge in [-0.2, -0.15) is 0 Å². The van der Waals surface area contributed by atoms with Crippen molar-refractivity contribution in [1.29, 1.82) is 0 Å². The zero-order valence-electron chi connectivity index (χ0n) is 13.5. The maximum Gasteiger partial charge on any atom is 0.331 e. The van der Waals surface area contributed by atoms with Crippen molar-refractivity contribution in [2.45, 2.75) is 58.6 Å². The van der Waals surface area contributed by atoms with Crippen molar-refractivity contribution < 1.29 is 23.9 Å². The molecule has 6 nitrogen and oxygen atoms in total. The minimum Gasteiger partial charge on any atom is -0.463 e. The molecule has 124 valence electrons. The van der Waals surface area contributed by atoms with Gasteiger partial charge in [-0.3, -0.25) is 4.79 Å². The first-order chi connectivity index (χ1) is 10.4. The summed E-state index contributed by atoms with van der Waals surface area (Å²) < 4.78 is 9.62. The minimum atomic E-state index is -0.895. The predicted octanol–water partition coefficient (Wildman–Crippen LogP) is 1.73. The molecule has 1 aliphatic carbocycles. The molecule has 0 heterocycles. The fraction of sp³-hybridized carbons (Fsp3) is 0.688. The largest absolute Gasteiger partial charge is 0.463 e. The van der Waals surface area contributed by atoms with E-state index in [9.17, 15) is 14.4 Å². The lowest BCUT2D eigenvalue weighted by Crippen LogP contribution is -2.45. The maximum absolute atomic E-state index is 12.0. The van der Waals surface area contributed by atoms with Crippen LogP contribution in [0.4, 0.5) is 0 Å². The van der Waals surface area contributed by atoms with E-state index in [0.29, 0.717) is 5.92 Å². The van der Waals surface area contributed by atoms with Gasteiger partial charge in [0.25, 0.3) is 5.91 Å². The third-order valence-electron chi connectivity index (χ3n) is 3.74. The van der Waals surface area contributed by atoms with Crippen LogP contribution < -0.4 is 5.32 Å². The average molecular weight is 311 g/mol. The van der Waals surface area contributed by atoms with E-state index in [-0.39, 0.29) is 18.6 Å². The second-order valence-electron chi connectivity index (χ2n) is 5.54. The summed E-state index contributed by atoms with van der Waals surface area (Å²) in [5.41, 5.74) is 0. The molecule has 0 spiro atoms. The number of esters is 2. The van der Waals surface area contributed by atoms with Crippen LogP contribution in [0.5, 0.6) is 0 Å². The van der Waals surface area contributed by atoms with Gasteiger partial charge in [-0.1, -0.05) is 19.8 Å². The van der Waals surface area contributed by atoms with Crippen LogP contribution in [0.1, 0.15) is 46.5 Å². The number of nitrogens with one attached hydrogen (secondary N) is 1. The molecule has 1 amide bonds. The first kappa shape index (κ1) is 18.2. The van der Waals surface area contributed by atoms with Crippen LogP contribution in [0.2, 0.25) is 0 Å². The molecule has 0 saturated heterocycles. The van der Waals surface area contributed by atoms with Gasteiger partial charge in [0.2, 0.25) is 0 Å². The van der Waals surface area contributed by atoms with E-state index in [0.717, 1.165) is 31.4 Å². The minimum absolute atomic E-state index is 0.137. The van der Waals surface area contributed by atoms with E-state index < -0.39 is 18.0 Å². The highest BCUT2D eigenvalue weighted by atomic mass is 16.5. The Labute approximate surface area is 131 Å². The Kier molecular flexibility index (Phi) is 7.63. The molecule has 0 radical (unpaired) electrons. The van der Waals surface area contributed by atoms with E-state index in [2.05, 4.69) is 17.0 Å². The molecule has 0 aromatic carbocycles. The molecule has 1 fully saturated rings. The monoisotopic (exact) mass is 311 g/mol. The van der Waals surface area contributed by atoms with Crippen LogP contribution in [-0.4, -0.2) is 36.6 Å². The molecule has 1 N–H and O–H groups in total. The van der Waals surface area contributed by atoms with Gasteiger partial charge in [0, 0.05) is 18.2 Å². The van der Waals surface area contributed by atoms with E-state index in [4.69, 9.17) is 4.74 Å². The van der Waals surface area contributed by atoms with E-state index >= 15 is 0 Å². The van der Waals surface area contributed by atoms with Crippen molar-refractivity contribution in [3.8, 4) is 0 Å². The van der Waals surface area contributed by atoms with Gasteiger partial charge >= 0.3 is 11.9 Å². The zero-order valence-corrected chi connectivity index (χ0v) is 13.5. The number of amides is 1. The summed E-state index contributed by atoms with van der Waals surface area (Å²) in [4.78, 5) is 34.6. The van der Waals surface area contributed by atoms with Gasteiger partial charge in [0.1, 0.15) is 0 Å². The van der Waals surface area contributed by atoms with E-state index in [1.54, 1.807) is 6.92 Å². The van der Waals surface area contributed by atoms with Crippen LogP contribution in [0.25, 0.3) is 0 Å². The fourth-order valence-corrected chi connectivity index (χ4v) is 2.42. The topological polar surface area (TPSA) is 81.7 Å². The summed E-state index contributed by atoms with van der Waals surface area (Å²) in [7, 11) is 0. The number of ether oxygens (including phenoxy) is 2. The third kappa shape index (κ3) is 6.28. The molecule has 0 unspecified atom stereocenters. The van der Waals surface area contributed by atoms with Crippen molar-refractivity contribution in [3.05, 3.63) is 12.2 Å². The molecule has 1 saturated carbocycles. The summed E-state index contributed by atoms with van der Waals surface area (Å²) in [5.74, 6) is -1.24. The second kappa shape index (κ2) is 9.23. The molecular formula is C16H25NO5. The molecule has 22 heavy (non-hydrogen) atoms. The smallest absolute Gasteiger partial charge is 0.331 e. The Bertz CT molecular complexity index is 432. The van der Waals surface area contributed by atoms with Crippen molar-refractivity contribution in [2.24, 2.45) is 5.92 Å². The Morgan fingerprint density at radius 3 is 2.45 bits per heavy atom. The van der Waals surface area contributed by atoms with Crippen LogP contribution >= 0.6 is 0 Å². The van der Waals surface area contributed by atoms with Crippen LogP contribution in [-0.2, 0) is 23.9 Å². The Morgan fingerprint density at radius 1 is 1.18 bits per heavy atom. The van der Waals surface area contributed by atoms with Crippen molar-refractivity contribution in [1.82, 2.24) is 5.32 Å². The van der Waals surface area contributed by atoms with Crippen LogP contribution in [0, 0.1) is 5.92 Å². The highest BCUT2D eigenvalue weighted by Gasteiger charge is 2.25. The second-order valence-corrected chi connectivity index (χ2v) is 5.54. The number of hydrogen-bond acceptors (Lipinski definition) is 5. The van der Waals surface area contributed by atoms with Crippen molar-refractivity contribution in [2.75, 3.05) is 6.61 Å². The first-order valence-corrected chi connectivity index (χ1v) is 7.79. The Hall–Kier alpha value is -1.85. The van der Waals surface area contributed by atoms with Gasteiger partial charge < -0.3 is 14.8 Å². The molecule has 3 atom stereocenters. The number of carbonyl (C=O) groups excluding carboxylic acids is 3. The Morgan fingerprint density at radius 2 is 1.82 bits per heavy atom. The molecular weight excluding hydrogens is 286 g/mol. The van der Waals surface area contributed by atoms with Gasteiger partial charge in [-0.05, 0) is 32.6 Å². The van der Waals surface area contributed by atoms with Crippen molar-refractivity contribution >= 4 is 17.8 Å². The van der Waals surface area contributed by atoms with Gasteiger partial charge in [-0.15, -0.1) is 0 Å². The highest BCUT2D eigenvalue weighted by molar-refractivity contribution is 5.93. The quantitative estimate of drug-likeness (QED) is 0.597. The van der Waals surface area contributed by atoms with E-state index in [1.165, 1.54) is 13.3 Å². The number of rotatable bonds is 6. The first-order valence-electron chi connectivity index (χ1n) is 7.79. The van der Waals surface area contributed by atoms with E-state index in [1.807, 2.05) is 0 Å². The molecule has 0 aliphatic heterocycles. The summed E-state index contributed by atoms with van der Waals surface area (Å²) >= 11 is 0. The molecule has 0 bridgehead atoms. The molecule has 0 aromatic heterocycles. The highest BCUT2D eigenvalue weighted by Crippen LogP contribution is 2.23. The normalized spacial score (nSPS) is 22.9. The standard InChI is InChI=1S/C16H25NO5/c1-4-21-14(18)9-10-15(19)22-12(3)16(20)17-13-8-6-5-7-11(13)2/h9-13H,4-8H2,1-3H3,(H,17,20)/b10-9+/t11-,12-,13+/m0/s1.